The third kappa shape index (κ3) is 3.80. The van der Waals surface area contributed by atoms with E-state index in [0.29, 0.717) is 16.3 Å². The first kappa shape index (κ1) is 17.0. The molecule has 0 radical (unpaired) electrons. The second-order valence-electron chi connectivity index (χ2n) is 5.61. The summed E-state index contributed by atoms with van der Waals surface area (Å²) in [5, 5.41) is 13.5. The molecule has 0 saturated heterocycles. The van der Waals surface area contributed by atoms with Gasteiger partial charge in [-0.15, -0.1) is 0 Å². The predicted octanol–water partition coefficient (Wildman–Crippen LogP) is 2.68. The zero-order chi connectivity index (χ0) is 17.8. The summed E-state index contributed by atoms with van der Waals surface area (Å²) in [7, 11) is 0. The Kier molecular flexibility index (Phi) is 5.00. The average Bonchev–Trinajstić information content (AvgIpc) is 3.01. The SMILES string of the molecule is Cc1ccc2[nH]nc(C(=O)NCCNC(=O)c3ccccc3Cl)c2c1. The summed E-state index contributed by atoms with van der Waals surface area (Å²) in [5.74, 6) is -0.565. The minimum absolute atomic E-state index is 0.277. The maximum Gasteiger partial charge on any atom is 0.272 e. The summed E-state index contributed by atoms with van der Waals surface area (Å²) in [6, 6.07) is 12.6. The molecular weight excluding hydrogens is 340 g/mol. The van der Waals surface area contributed by atoms with E-state index >= 15 is 0 Å². The fourth-order valence-corrected chi connectivity index (χ4v) is 2.70. The number of amides is 2. The molecule has 1 heterocycles. The van der Waals surface area contributed by atoms with Crippen molar-refractivity contribution in [3.05, 3.63) is 64.3 Å². The highest BCUT2D eigenvalue weighted by Gasteiger charge is 2.14. The van der Waals surface area contributed by atoms with Crippen molar-refractivity contribution >= 4 is 34.3 Å². The van der Waals surface area contributed by atoms with Gasteiger partial charge in [0, 0.05) is 18.5 Å². The predicted molar refractivity (Wildman–Crippen MR) is 96.9 cm³/mol. The lowest BCUT2D eigenvalue weighted by Gasteiger charge is -2.07. The van der Waals surface area contributed by atoms with E-state index in [1.165, 1.54) is 0 Å². The van der Waals surface area contributed by atoms with Crippen LogP contribution in [0.2, 0.25) is 5.02 Å². The van der Waals surface area contributed by atoms with E-state index in [4.69, 9.17) is 11.6 Å². The number of carbonyl (C=O) groups excluding carboxylic acids is 2. The molecule has 0 aliphatic rings. The summed E-state index contributed by atoms with van der Waals surface area (Å²) >= 11 is 5.98. The number of halogens is 1. The first-order valence-corrected chi connectivity index (χ1v) is 8.19. The van der Waals surface area contributed by atoms with Crippen molar-refractivity contribution in [2.24, 2.45) is 0 Å². The molecule has 3 rings (SSSR count). The van der Waals surface area contributed by atoms with E-state index in [1.807, 2.05) is 25.1 Å². The molecule has 3 N–H and O–H groups in total. The quantitative estimate of drug-likeness (QED) is 0.614. The monoisotopic (exact) mass is 356 g/mol. The Morgan fingerprint density at radius 3 is 2.56 bits per heavy atom. The first-order valence-electron chi connectivity index (χ1n) is 7.82. The van der Waals surface area contributed by atoms with E-state index in [1.54, 1.807) is 24.3 Å². The van der Waals surface area contributed by atoms with Crippen molar-refractivity contribution in [1.29, 1.82) is 0 Å². The number of fused-ring (bicyclic) bond motifs is 1. The number of aromatic amines is 1. The Morgan fingerprint density at radius 2 is 1.80 bits per heavy atom. The molecule has 128 valence electrons. The fourth-order valence-electron chi connectivity index (χ4n) is 2.48. The molecule has 0 saturated carbocycles. The highest BCUT2D eigenvalue weighted by molar-refractivity contribution is 6.33. The maximum absolute atomic E-state index is 12.3. The van der Waals surface area contributed by atoms with Crippen molar-refractivity contribution in [1.82, 2.24) is 20.8 Å². The van der Waals surface area contributed by atoms with Crippen LogP contribution < -0.4 is 10.6 Å². The number of nitrogens with zero attached hydrogens (tertiary/aromatic N) is 1. The summed E-state index contributed by atoms with van der Waals surface area (Å²) in [6.07, 6.45) is 0. The van der Waals surface area contributed by atoms with E-state index in [9.17, 15) is 9.59 Å². The molecule has 0 unspecified atom stereocenters. The lowest BCUT2D eigenvalue weighted by molar-refractivity contribution is 0.0926. The van der Waals surface area contributed by atoms with Crippen molar-refractivity contribution in [3.8, 4) is 0 Å². The van der Waals surface area contributed by atoms with Gasteiger partial charge in [0.15, 0.2) is 5.69 Å². The average molecular weight is 357 g/mol. The largest absolute Gasteiger partial charge is 0.350 e. The van der Waals surface area contributed by atoms with Crippen molar-refractivity contribution in [2.75, 3.05) is 13.1 Å². The van der Waals surface area contributed by atoms with Crippen molar-refractivity contribution < 1.29 is 9.59 Å². The molecule has 0 aliphatic carbocycles. The smallest absolute Gasteiger partial charge is 0.272 e. The fraction of sp³-hybridized carbons (Fsp3) is 0.167. The summed E-state index contributed by atoms with van der Waals surface area (Å²) in [6.45, 7) is 2.53. The summed E-state index contributed by atoms with van der Waals surface area (Å²) < 4.78 is 0. The second kappa shape index (κ2) is 7.36. The van der Waals surface area contributed by atoms with Gasteiger partial charge in [0.25, 0.3) is 11.8 Å². The van der Waals surface area contributed by atoms with Crippen LogP contribution in [0.1, 0.15) is 26.4 Å². The molecule has 1 aromatic heterocycles. The zero-order valence-electron chi connectivity index (χ0n) is 13.6. The molecule has 0 aliphatic heterocycles. The van der Waals surface area contributed by atoms with Gasteiger partial charge >= 0.3 is 0 Å². The highest BCUT2D eigenvalue weighted by Crippen LogP contribution is 2.17. The van der Waals surface area contributed by atoms with Crippen LogP contribution in [0.25, 0.3) is 10.9 Å². The number of nitrogens with one attached hydrogen (secondary N) is 3. The van der Waals surface area contributed by atoms with Gasteiger partial charge in [-0.2, -0.15) is 5.10 Å². The number of carbonyl (C=O) groups is 2. The summed E-state index contributed by atoms with van der Waals surface area (Å²) in [4.78, 5) is 24.3. The lowest BCUT2D eigenvalue weighted by atomic mass is 10.1. The minimum Gasteiger partial charge on any atom is -0.350 e. The molecule has 0 bridgehead atoms. The van der Waals surface area contributed by atoms with E-state index in [2.05, 4.69) is 20.8 Å². The Labute approximate surface area is 149 Å². The standard InChI is InChI=1S/C18H17ClN4O2/c1-11-6-7-15-13(10-11)16(23-22-15)18(25)21-9-8-20-17(24)12-4-2-3-5-14(12)19/h2-7,10H,8-9H2,1H3,(H,20,24)(H,21,25)(H,22,23). The van der Waals surface area contributed by atoms with Gasteiger partial charge in [0.2, 0.25) is 0 Å². The van der Waals surface area contributed by atoms with Crippen LogP contribution in [-0.4, -0.2) is 35.1 Å². The molecule has 0 atom stereocenters. The molecule has 6 nitrogen and oxygen atoms in total. The number of H-pyrrole nitrogens is 1. The lowest BCUT2D eigenvalue weighted by Crippen LogP contribution is -2.35. The van der Waals surface area contributed by atoms with Crippen LogP contribution in [0, 0.1) is 6.92 Å². The third-order valence-corrected chi connectivity index (χ3v) is 4.08. The van der Waals surface area contributed by atoms with Crippen LogP contribution in [0.3, 0.4) is 0 Å². The van der Waals surface area contributed by atoms with E-state index in [-0.39, 0.29) is 24.9 Å². The van der Waals surface area contributed by atoms with Crippen LogP contribution >= 0.6 is 11.6 Å². The van der Waals surface area contributed by atoms with Gasteiger partial charge in [0.05, 0.1) is 16.1 Å². The number of hydrogen-bond donors (Lipinski definition) is 3. The van der Waals surface area contributed by atoms with E-state index < -0.39 is 0 Å². The molecular formula is C18H17ClN4O2. The topological polar surface area (TPSA) is 86.9 Å². The third-order valence-electron chi connectivity index (χ3n) is 3.75. The minimum atomic E-state index is -0.288. The molecule has 7 heteroatoms. The second-order valence-corrected chi connectivity index (χ2v) is 6.02. The van der Waals surface area contributed by atoms with Crippen LogP contribution in [-0.2, 0) is 0 Å². The van der Waals surface area contributed by atoms with Gasteiger partial charge in [-0.3, -0.25) is 14.7 Å². The highest BCUT2D eigenvalue weighted by atomic mass is 35.5. The Morgan fingerprint density at radius 1 is 1.08 bits per heavy atom. The first-order chi connectivity index (χ1) is 12.1. The molecule has 25 heavy (non-hydrogen) atoms. The number of aryl methyl sites for hydroxylation is 1. The molecule has 2 aromatic carbocycles. The van der Waals surface area contributed by atoms with Gasteiger partial charge in [-0.05, 0) is 31.2 Å². The van der Waals surface area contributed by atoms with Crippen LogP contribution in [0.4, 0.5) is 0 Å². The summed E-state index contributed by atoms with van der Waals surface area (Å²) in [5.41, 5.74) is 2.61. The Bertz CT molecular complexity index is 936. The van der Waals surface area contributed by atoms with E-state index in [0.717, 1.165) is 16.5 Å². The zero-order valence-corrected chi connectivity index (χ0v) is 14.4. The normalized spacial score (nSPS) is 10.6. The van der Waals surface area contributed by atoms with Crippen molar-refractivity contribution in [3.63, 3.8) is 0 Å². The number of aromatic nitrogens is 2. The van der Waals surface area contributed by atoms with Crippen LogP contribution in [0.15, 0.2) is 42.5 Å². The Hall–Kier alpha value is -2.86. The number of benzene rings is 2. The van der Waals surface area contributed by atoms with Gasteiger partial charge in [-0.25, -0.2) is 0 Å². The van der Waals surface area contributed by atoms with Gasteiger partial charge in [0.1, 0.15) is 0 Å². The maximum atomic E-state index is 12.3. The van der Waals surface area contributed by atoms with Crippen LogP contribution in [0.5, 0.6) is 0 Å². The molecule has 0 fully saturated rings. The molecule has 0 spiro atoms. The number of hydrogen-bond acceptors (Lipinski definition) is 3. The van der Waals surface area contributed by atoms with Gasteiger partial charge < -0.3 is 10.6 Å². The van der Waals surface area contributed by atoms with Gasteiger partial charge in [-0.1, -0.05) is 35.4 Å². The molecule has 2 amide bonds. The van der Waals surface area contributed by atoms with Crippen molar-refractivity contribution in [2.45, 2.75) is 6.92 Å². The number of rotatable bonds is 5. The Balaban J connectivity index is 1.55. The molecule has 3 aromatic rings.